The van der Waals surface area contributed by atoms with Crippen LogP contribution in [0, 0.1) is 11.3 Å². The highest BCUT2D eigenvalue weighted by Crippen LogP contribution is 2.18. The van der Waals surface area contributed by atoms with E-state index in [1.807, 2.05) is 6.07 Å². The number of halogens is 1. The molecule has 0 aromatic heterocycles. The summed E-state index contributed by atoms with van der Waals surface area (Å²) in [7, 11) is -3.55. The lowest BCUT2D eigenvalue weighted by Gasteiger charge is -2.33. The molecule has 1 amide bonds. The van der Waals surface area contributed by atoms with E-state index in [1.54, 1.807) is 59.5 Å². The van der Waals surface area contributed by atoms with Crippen LogP contribution in [0.5, 0.6) is 0 Å². The highest BCUT2D eigenvalue weighted by atomic mass is 35.5. The van der Waals surface area contributed by atoms with Crippen molar-refractivity contribution in [1.82, 2.24) is 9.21 Å². The molecule has 0 spiro atoms. The Morgan fingerprint density at radius 1 is 1.03 bits per heavy atom. The summed E-state index contributed by atoms with van der Waals surface area (Å²) in [6, 6.07) is 16.7. The van der Waals surface area contributed by atoms with Gasteiger partial charge in [-0.15, -0.1) is 0 Å². The molecule has 7 nitrogen and oxygen atoms in total. The number of piperazine rings is 1. The third-order valence-electron chi connectivity index (χ3n) is 4.43. The first kappa shape index (κ1) is 20.9. The van der Waals surface area contributed by atoms with E-state index >= 15 is 0 Å². The zero-order chi connectivity index (χ0) is 20.9. The van der Waals surface area contributed by atoms with Crippen LogP contribution in [0.4, 0.5) is 5.69 Å². The van der Waals surface area contributed by atoms with Gasteiger partial charge in [-0.25, -0.2) is 8.42 Å². The standard InChI is InChI=1S/C20H19ClN4O3S/c21-17-6-8-18(9-7-17)23-20(26)16(14-22)15-24-10-12-25(13-11-24)29(27,28)19-4-2-1-3-5-19/h1-9,15H,10-13H2,(H,23,26)/b16-15-. The molecule has 0 saturated carbocycles. The highest BCUT2D eigenvalue weighted by molar-refractivity contribution is 7.89. The maximum Gasteiger partial charge on any atom is 0.267 e. The normalized spacial score (nSPS) is 15.6. The minimum Gasteiger partial charge on any atom is -0.373 e. The summed E-state index contributed by atoms with van der Waals surface area (Å²) in [5.41, 5.74) is 0.471. The minimum atomic E-state index is -3.55. The minimum absolute atomic E-state index is 0.0562. The van der Waals surface area contributed by atoms with E-state index in [0.29, 0.717) is 23.8 Å². The maximum absolute atomic E-state index is 12.7. The van der Waals surface area contributed by atoms with Gasteiger partial charge in [0.15, 0.2) is 0 Å². The second-order valence-electron chi connectivity index (χ2n) is 6.37. The average Bonchev–Trinajstić information content (AvgIpc) is 2.74. The number of benzene rings is 2. The Morgan fingerprint density at radius 2 is 1.66 bits per heavy atom. The predicted octanol–water partition coefficient (Wildman–Crippen LogP) is 2.69. The van der Waals surface area contributed by atoms with E-state index < -0.39 is 15.9 Å². The van der Waals surface area contributed by atoms with Crippen LogP contribution in [0.1, 0.15) is 0 Å². The number of hydrogen-bond acceptors (Lipinski definition) is 5. The Balaban J connectivity index is 1.63. The van der Waals surface area contributed by atoms with Gasteiger partial charge < -0.3 is 10.2 Å². The molecule has 0 atom stereocenters. The summed E-state index contributed by atoms with van der Waals surface area (Å²) in [5.74, 6) is -0.533. The number of nitrogens with zero attached hydrogens (tertiary/aromatic N) is 3. The number of sulfonamides is 1. The molecule has 1 N–H and O–H groups in total. The van der Waals surface area contributed by atoms with E-state index in [4.69, 9.17) is 11.6 Å². The second-order valence-corrected chi connectivity index (χ2v) is 8.74. The predicted molar refractivity (Wildman–Crippen MR) is 111 cm³/mol. The molecule has 0 aliphatic carbocycles. The number of anilines is 1. The van der Waals surface area contributed by atoms with Gasteiger partial charge in [0.2, 0.25) is 10.0 Å². The maximum atomic E-state index is 12.7. The van der Waals surface area contributed by atoms with Crippen molar-refractivity contribution in [2.75, 3.05) is 31.5 Å². The Morgan fingerprint density at radius 3 is 2.24 bits per heavy atom. The topological polar surface area (TPSA) is 93.5 Å². The second kappa shape index (κ2) is 9.09. The van der Waals surface area contributed by atoms with E-state index in [2.05, 4.69) is 5.32 Å². The molecule has 1 heterocycles. The first-order valence-electron chi connectivity index (χ1n) is 8.88. The van der Waals surface area contributed by atoms with Crippen molar-refractivity contribution >= 4 is 33.2 Å². The van der Waals surface area contributed by atoms with Crippen LogP contribution in [-0.2, 0) is 14.8 Å². The smallest absolute Gasteiger partial charge is 0.267 e. The largest absolute Gasteiger partial charge is 0.373 e. The van der Waals surface area contributed by atoms with Crippen LogP contribution in [-0.4, -0.2) is 49.7 Å². The number of rotatable bonds is 5. The molecule has 2 aromatic rings. The Kier molecular flexibility index (Phi) is 6.54. The zero-order valence-electron chi connectivity index (χ0n) is 15.5. The fourth-order valence-corrected chi connectivity index (χ4v) is 4.44. The third kappa shape index (κ3) is 5.15. The fraction of sp³-hybridized carbons (Fsp3) is 0.200. The SMILES string of the molecule is N#C/C(=C/N1CCN(S(=O)(=O)c2ccccc2)CC1)C(=O)Nc1ccc(Cl)cc1. The molecule has 0 unspecified atom stereocenters. The molecule has 0 radical (unpaired) electrons. The molecule has 29 heavy (non-hydrogen) atoms. The van der Waals surface area contributed by atoms with Gasteiger partial charge in [-0.05, 0) is 36.4 Å². The number of nitrogens with one attached hydrogen (secondary N) is 1. The summed E-state index contributed by atoms with van der Waals surface area (Å²) in [6.45, 7) is 1.30. The number of carbonyl (C=O) groups is 1. The molecular weight excluding hydrogens is 412 g/mol. The van der Waals surface area contributed by atoms with Crippen LogP contribution in [0.2, 0.25) is 5.02 Å². The third-order valence-corrected chi connectivity index (χ3v) is 6.60. The van der Waals surface area contributed by atoms with E-state index in [-0.39, 0.29) is 23.6 Å². The van der Waals surface area contributed by atoms with Gasteiger partial charge in [-0.1, -0.05) is 29.8 Å². The van der Waals surface area contributed by atoms with Crippen LogP contribution in [0.25, 0.3) is 0 Å². The van der Waals surface area contributed by atoms with E-state index in [0.717, 1.165) is 0 Å². The zero-order valence-corrected chi connectivity index (χ0v) is 17.0. The van der Waals surface area contributed by atoms with Gasteiger partial charge in [0.1, 0.15) is 11.6 Å². The summed E-state index contributed by atoms with van der Waals surface area (Å²) in [4.78, 5) is 14.4. The lowest BCUT2D eigenvalue weighted by atomic mass is 10.2. The summed E-state index contributed by atoms with van der Waals surface area (Å²) < 4.78 is 26.8. The van der Waals surface area contributed by atoms with Crippen LogP contribution < -0.4 is 5.32 Å². The van der Waals surface area contributed by atoms with Crippen LogP contribution >= 0.6 is 11.6 Å². The van der Waals surface area contributed by atoms with Crippen molar-refractivity contribution in [1.29, 1.82) is 5.26 Å². The van der Waals surface area contributed by atoms with Gasteiger partial charge in [-0.2, -0.15) is 9.57 Å². The Bertz CT molecular complexity index is 1040. The summed E-state index contributed by atoms with van der Waals surface area (Å²) in [5, 5.41) is 12.5. The Labute approximate surface area is 174 Å². The number of carbonyl (C=O) groups excluding carboxylic acids is 1. The van der Waals surface area contributed by atoms with Gasteiger partial charge in [-0.3, -0.25) is 4.79 Å². The molecule has 1 aliphatic rings. The summed E-state index contributed by atoms with van der Waals surface area (Å²) >= 11 is 5.82. The number of nitriles is 1. The lowest BCUT2D eigenvalue weighted by molar-refractivity contribution is -0.112. The molecule has 1 aliphatic heterocycles. The molecule has 3 rings (SSSR count). The molecule has 9 heteroatoms. The highest BCUT2D eigenvalue weighted by Gasteiger charge is 2.28. The molecule has 1 saturated heterocycles. The van der Waals surface area contributed by atoms with Crippen molar-refractivity contribution in [3.63, 3.8) is 0 Å². The summed E-state index contributed by atoms with van der Waals surface area (Å²) in [6.07, 6.45) is 1.47. The van der Waals surface area contributed by atoms with Crippen molar-refractivity contribution in [3.8, 4) is 6.07 Å². The van der Waals surface area contributed by atoms with Gasteiger partial charge >= 0.3 is 0 Å². The van der Waals surface area contributed by atoms with E-state index in [9.17, 15) is 18.5 Å². The van der Waals surface area contributed by atoms with E-state index in [1.165, 1.54) is 10.5 Å². The fourth-order valence-electron chi connectivity index (χ4n) is 2.87. The first-order valence-corrected chi connectivity index (χ1v) is 10.7. The average molecular weight is 431 g/mol. The monoisotopic (exact) mass is 430 g/mol. The molecule has 1 fully saturated rings. The molecule has 2 aromatic carbocycles. The van der Waals surface area contributed by atoms with Crippen molar-refractivity contribution in [2.45, 2.75) is 4.90 Å². The van der Waals surface area contributed by atoms with Crippen molar-refractivity contribution in [2.24, 2.45) is 0 Å². The first-order chi connectivity index (χ1) is 13.9. The lowest BCUT2D eigenvalue weighted by Crippen LogP contribution is -2.46. The van der Waals surface area contributed by atoms with Crippen molar-refractivity contribution in [3.05, 3.63) is 71.4 Å². The van der Waals surface area contributed by atoms with Crippen LogP contribution in [0.3, 0.4) is 0 Å². The number of amides is 1. The molecular formula is C20H19ClN4O3S. The Hall–Kier alpha value is -2.86. The van der Waals surface area contributed by atoms with Crippen molar-refractivity contribution < 1.29 is 13.2 Å². The number of hydrogen-bond donors (Lipinski definition) is 1. The van der Waals surface area contributed by atoms with Crippen LogP contribution in [0.15, 0.2) is 71.3 Å². The van der Waals surface area contributed by atoms with Gasteiger partial charge in [0, 0.05) is 43.1 Å². The molecule has 0 bridgehead atoms. The quantitative estimate of drug-likeness (QED) is 0.581. The van der Waals surface area contributed by atoms with Gasteiger partial charge in [0.05, 0.1) is 4.90 Å². The van der Waals surface area contributed by atoms with Gasteiger partial charge in [0.25, 0.3) is 5.91 Å². The molecule has 150 valence electrons.